The van der Waals surface area contributed by atoms with E-state index in [1.54, 1.807) is 19.1 Å². The second kappa shape index (κ2) is 10.6. The molecule has 1 N–H and O–H groups in total. The van der Waals surface area contributed by atoms with Crippen LogP contribution in [0.5, 0.6) is 0 Å². The molecule has 1 aliphatic heterocycles. The van der Waals surface area contributed by atoms with Gasteiger partial charge in [-0.2, -0.15) is 4.89 Å². The van der Waals surface area contributed by atoms with Crippen LogP contribution < -0.4 is 0 Å². The molecule has 1 aliphatic rings. The van der Waals surface area contributed by atoms with Gasteiger partial charge in [0.25, 0.3) is 0 Å². The number of ether oxygens (including phenoxy) is 1. The summed E-state index contributed by atoms with van der Waals surface area (Å²) >= 11 is 0. The highest BCUT2D eigenvalue weighted by Crippen LogP contribution is 2.14. The minimum absolute atomic E-state index is 0.0382. The van der Waals surface area contributed by atoms with Crippen LogP contribution in [-0.2, 0) is 24.3 Å². The van der Waals surface area contributed by atoms with Crippen molar-refractivity contribution in [1.29, 1.82) is 0 Å². The molecule has 20 heavy (non-hydrogen) atoms. The second-order valence-corrected chi connectivity index (χ2v) is 4.41. The molecule has 114 valence electrons. The van der Waals surface area contributed by atoms with Crippen LogP contribution in [-0.4, -0.2) is 30.6 Å². The van der Waals surface area contributed by atoms with Gasteiger partial charge >= 0.3 is 5.97 Å². The maximum atomic E-state index is 11.2. The first-order valence-corrected chi connectivity index (χ1v) is 6.88. The summed E-state index contributed by atoms with van der Waals surface area (Å²) in [6.45, 7) is 2.61. The van der Waals surface area contributed by atoms with Crippen molar-refractivity contribution in [3.8, 4) is 0 Å². The summed E-state index contributed by atoms with van der Waals surface area (Å²) in [5.41, 5.74) is -0.0382. The maximum absolute atomic E-state index is 11.2. The molecule has 1 unspecified atom stereocenters. The molecule has 0 aromatic carbocycles. The van der Waals surface area contributed by atoms with Crippen LogP contribution in [0.1, 0.15) is 39.0 Å². The molecule has 1 rings (SSSR count). The highest BCUT2D eigenvalue weighted by atomic mass is 17.5. The predicted molar refractivity (Wildman–Crippen MR) is 71.5 cm³/mol. The summed E-state index contributed by atoms with van der Waals surface area (Å²) in [7, 11) is 0. The summed E-state index contributed by atoms with van der Waals surface area (Å²) in [6.07, 6.45) is 8.57. The molecule has 6 nitrogen and oxygen atoms in total. The van der Waals surface area contributed by atoms with Crippen molar-refractivity contribution in [1.82, 2.24) is 0 Å². The van der Waals surface area contributed by atoms with Gasteiger partial charge in [0.05, 0.1) is 18.8 Å². The van der Waals surface area contributed by atoms with Crippen LogP contribution in [0.15, 0.2) is 23.8 Å². The lowest BCUT2D eigenvalue weighted by Crippen LogP contribution is -2.26. The Labute approximate surface area is 118 Å². The van der Waals surface area contributed by atoms with Crippen molar-refractivity contribution in [2.45, 2.75) is 45.3 Å². The largest absolute Gasteiger partial charge is 0.478 e. The summed E-state index contributed by atoms with van der Waals surface area (Å²) in [6, 6.07) is 0. The Morgan fingerprint density at radius 3 is 2.55 bits per heavy atom. The van der Waals surface area contributed by atoms with E-state index in [4.69, 9.17) is 14.5 Å². The van der Waals surface area contributed by atoms with E-state index in [1.807, 2.05) is 0 Å². The fourth-order valence-corrected chi connectivity index (χ4v) is 1.70. The van der Waals surface area contributed by atoms with E-state index in [0.717, 1.165) is 32.1 Å². The molecule has 0 saturated carbocycles. The van der Waals surface area contributed by atoms with Crippen molar-refractivity contribution in [2.75, 3.05) is 13.2 Å². The average Bonchev–Trinajstić information content (AvgIpc) is 2.41. The zero-order valence-corrected chi connectivity index (χ0v) is 11.7. The van der Waals surface area contributed by atoms with Crippen molar-refractivity contribution in [3.05, 3.63) is 23.8 Å². The molecule has 1 heterocycles. The number of hydrogen-bond acceptors (Lipinski definition) is 5. The van der Waals surface area contributed by atoms with Gasteiger partial charge in [0, 0.05) is 0 Å². The predicted octanol–water partition coefficient (Wildman–Crippen LogP) is 2.76. The fraction of sp³-hybridized carbons (Fsp3) is 0.643. The van der Waals surface area contributed by atoms with Gasteiger partial charge < -0.3 is 9.84 Å². The lowest BCUT2D eigenvalue weighted by molar-refractivity contribution is -0.542. The molecule has 0 aromatic rings. The minimum atomic E-state index is -1.12. The van der Waals surface area contributed by atoms with Gasteiger partial charge in [-0.05, 0) is 25.8 Å². The summed E-state index contributed by atoms with van der Waals surface area (Å²) in [4.78, 5) is 21.0. The standard InChI is InChI=1S/C14H22O6/c1-2-3-9-12(13(15)16)14-17-10-7-5-4-6-8-11-18-20-19-14/h2-3,9,14H,4-8,10-11H2,1H3,(H,15,16). The molecule has 0 spiro atoms. The zero-order chi connectivity index (χ0) is 14.6. The molecule has 0 bridgehead atoms. The third-order valence-electron chi connectivity index (χ3n) is 2.79. The Kier molecular flexibility index (Phi) is 8.90. The number of carboxylic acids is 1. The maximum Gasteiger partial charge on any atom is 0.336 e. The van der Waals surface area contributed by atoms with Crippen LogP contribution >= 0.6 is 0 Å². The van der Waals surface area contributed by atoms with Gasteiger partial charge in [0.2, 0.25) is 6.29 Å². The molecule has 1 atom stereocenters. The third kappa shape index (κ3) is 6.81. The van der Waals surface area contributed by atoms with E-state index in [2.05, 4.69) is 5.04 Å². The van der Waals surface area contributed by atoms with Crippen LogP contribution in [0.25, 0.3) is 0 Å². The number of carbonyl (C=O) groups is 1. The quantitative estimate of drug-likeness (QED) is 0.488. The average molecular weight is 286 g/mol. The molecular weight excluding hydrogens is 264 g/mol. The smallest absolute Gasteiger partial charge is 0.336 e. The van der Waals surface area contributed by atoms with E-state index in [1.165, 1.54) is 6.08 Å². The van der Waals surface area contributed by atoms with Crippen molar-refractivity contribution in [2.24, 2.45) is 0 Å². The highest BCUT2D eigenvalue weighted by molar-refractivity contribution is 5.87. The van der Waals surface area contributed by atoms with E-state index in [-0.39, 0.29) is 5.57 Å². The van der Waals surface area contributed by atoms with Crippen LogP contribution in [0, 0.1) is 0 Å². The SMILES string of the molecule is CC=CC=C(C(=O)O)C1OCCCCCCCOOO1. The molecule has 0 amide bonds. The molecule has 0 radical (unpaired) electrons. The van der Waals surface area contributed by atoms with Gasteiger partial charge in [-0.3, -0.25) is 0 Å². The lowest BCUT2D eigenvalue weighted by Gasteiger charge is -2.17. The van der Waals surface area contributed by atoms with Crippen LogP contribution in [0.2, 0.25) is 0 Å². The number of hydrogen-bond donors (Lipinski definition) is 1. The molecule has 1 fully saturated rings. The Morgan fingerprint density at radius 2 is 1.85 bits per heavy atom. The first kappa shape index (κ1) is 16.8. The number of allylic oxidation sites excluding steroid dienone is 3. The monoisotopic (exact) mass is 286 g/mol. The fourth-order valence-electron chi connectivity index (χ4n) is 1.70. The Morgan fingerprint density at radius 1 is 1.15 bits per heavy atom. The van der Waals surface area contributed by atoms with E-state index in [0.29, 0.717) is 13.2 Å². The second-order valence-electron chi connectivity index (χ2n) is 4.41. The van der Waals surface area contributed by atoms with Crippen molar-refractivity contribution >= 4 is 5.97 Å². The Hall–Kier alpha value is -1.21. The molecule has 6 heteroatoms. The van der Waals surface area contributed by atoms with E-state index < -0.39 is 12.3 Å². The van der Waals surface area contributed by atoms with Gasteiger partial charge in [0.1, 0.15) is 0 Å². The summed E-state index contributed by atoms with van der Waals surface area (Å²) < 4.78 is 5.43. The Balaban J connectivity index is 2.66. The van der Waals surface area contributed by atoms with E-state index >= 15 is 0 Å². The number of carboxylic acid groups (broad SMARTS) is 1. The molecule has 1 saturated heterocycles. The first-order valence-electron chi connectivity index (χ1n) is 6.88. The molecular formula is C14H22O6. The minimum Gasteiger partial charge on any atom is -0.478 e. The van der Waals surface area contributed by atoms with Crippen molar-refractivity contribution in [3.63, 3.8) is 0 Å². The zero-order valence-electron chi connectivity index (χ0n) is 11.7. The normalized spacial score (nSPS) is 24.1. The van der Waals surface area contributed by atoms with E-state index in [9.17, 15) is 9.90 Å². The van der Waals surface area contributed by atoms with Crippen molar-refractivity contribution < 1.29 is 29.5 Å². The van der Waals surface area contributed by atoms with Crippen LogP contribution in [0.3, 0.4) is 0 Å². The topological polar surface area (TPSA) is 74.2 Å². The van der Waals surface area contributed by atoms with Gasteiger partial charge in [-0.25, -0.2) is 9.68 Å². The van der Waals surface area contributed by atoms with Gasteiger partial charge in [0.15, 0.2) is 0 Å². The highest BCUT2D eigenvalue weighted by Gasteiger charge is 2.23. The van der Waals surface area contributed by atoms with Crippen LogP contribution in [0.4, 0.5) is 0 Å². The molecule has 0 aromatic heterocycles. The Bertz CT molecular complexity index is 325. The van der Waals surface area contributed by atoms with Gasteiger partial charge in [-0.15, -0.1) is 0 Å². The number of aliphatic carboxylic acids is 1. The lowest BCUT2D eigenvalue weighted by atomic mass is 10.1. The number of rotatable bonds is 3. The third-order valence-corrected chi connectivity index (χ3v) is 2.79. The van der Waals surface area contributed by atoms with Gasteiger partial charge in [-0.1, -0.05) is 36.5 Å². The first-order chi connectivity index (χ1) is 9.75. The summed E-state index contributed by atoms with van der Waals surface area (Å²) in [5.74, 6) is -1.12. The summed E-state index contributed by atoms with van der Waals surface area (Å²) in [5, 5.41) is 13.8. The molecule has 0 aliphatic carbocycles.